The van der Waals surface area contributed by atoms with Gasteiger partial charge in [-0.05, 0) is 51.9 Å². The molecule has 6 nitrogen and oxygen atoms in total. The zero-order valence-electron chi connectivity index (χ0n) is 16.6. The molecule has 0 aromatic heterocycles. The maximum Gasteiger partial charge on any atom is 0.290 e. The molecule has 8 heteroatoms. The molecule has 0 aliphatic carbocycles. The van der Waals surface area contributed by atoms with Gasteiger partial charge >= 0.3 is 0 Å². The van der Waals surface area contributed by atoms with Crippen LogP contribution in [0.4, 0.5) is 4.79 Å². The first kappa shape index (κ1) is 20.5. The van der Waals surface area contributed by atoms with E-state index in [1.807, 2.05) is 48.5 Å². The van der Waals surface area contributed by atoms with Crippen molar-refractivity contribution in [3.63, 3.8) is 0 Å². The average Bonchev–Trinajstić information content (AvgIpc) is 3.37. The fourth-order valence-corrected chi connectivity index (χ4v) is 4.57. The van der Waals surface area contributed by atoms with Crippen molar-refractivity contribution < 1.29 is 14.4 Å². The SMILES string of the molecule is O=C1NC(=O)/C(=C/C(=O)N2N=C(c3ccc4ccccc4c3)CC2c2ccc(Cl)cc2)S1. The lowest BCUT2D eigenvalue weighted by molar-refractivity contribution is -0.128. The molecule has 1 N–H and O–H groups in total. The Hall–Kier alpha value is -3.42. The Morgan fingerprint density at radius 2 is 1.81 bits per heavy atom. The van der Waals surface area contributed by atoms with E-state index in [2.05, 4.69) is 16.5 Å². The first-order valence-corrected chi connectivity index (χ1v) is 11.1. The first-order chi connectivity index (χ1) is 15.5. The predicted octanol–water partition coefficient (Wildman–Crippen LogP) is 5.04. The molecule has 3 aromatic carbocycles. The number of carbonyl (C=O) groups is 3. The fourth-order valence-electron chi connectivity index (χ4n) is 3.80. The molecule has 1 fully saturated rings. The third-order valence-corrected chi connectivity index (χ3v) is 6.43. The quantitative estimate of drug-likeness (QED) is 0.554. The fraction of sp³-hybridized carbons (Fsp3) is 0.0833. The molecule has 2 aliphatic rings. The summed E-state index contributed by atoms with van der Waals surface area (Å²) >= 11 is 6.75. The summed E-state index contributed by atoms with van der Waals surface area (Å²) in [7, 11) is 0. The Kier molecular flexibility index (Phi) is 5.28. The van der Waals surface area contributed by atoms with Crippen molar-refractivity contribution in [1.29, 1.82) is 0 Å². The van der Waals surface area contributed by atoms with E-state index in [9.17, 15) is 14.4 Å². The second-order valence-electron chi connectivity index (χ2n) is 7.42. The highest BCUT2D eigenvalue weighted by molar-refractivity contribution is 8.18. The van der Waals surface area contributed by atoms with Crippen LogP contribution in [-0.2, 0) is 9.59 Å². The molecule has 0 saturated carbocycles. The maximum atomic E-state index is 13.1. The van der Waals surface area contributed by atoms with Crippen molar-refractivity contribution in [2.24, 2.45) is 5.10 Å². The standard InChI is InChI=1S/C24H16ClN3O3S/c25-18-9-7-15(8-10-18)20-12-19(17-6-5-14-3-1-2-4-16(14)11-17)27-28(20)22(29)13-21-23(30)26-24(31)32-21/h1-11,13,20H,12H2,(H,26,30,31)/b21-13-. The van der Waals surface area contributed by atoms with Crippen molar-refractivity contribution >= 4 is 56.9 Å². The monoisotopic (exact) mass is 461 g/mol. The number of amides is 3. The molecule has 2 heterocycles. The van der Waals surface area contributed by atoms with E-state index < -0.39 is 17.1 Å². The molecular weight excluding hydrogens is 446 g/mol. The zero-order chi connectivity index (χ0) is 22.2. The summed E-state index contributed by atoms with van der Waals surface area (Å²) in [4.78, 5) is 36.5. The van der Waals surface area contributed by atoms with Crippen molar-refractivity contribution in [3.8, 4) is 0 Å². The molecular formula is C24H16ClN3O3S. The van der Waals surface area contributed by atoms with Gasteiger partial charge in [0.15, 0.2) is 0 Å². The number of nitrogens with zero attached hydrogens (tertiary/aromatic N) is 2. The van der Waals surface area contributed by atoms with E-state index in [4.69, 9.17) is 11.6 Å². The van der Waals surface area contributed by atoms with Gasteiger partial charge in [0, 0.05) is 17.5 Å². The third kappa shape index (κ3) is 3.92. The number of nitrogens with one attached hydrogen (secondary N) is 1. The van der Waals surface area contributed by atoms with Gasteiger partial charge in [-0.25, -0.2) is 5.01 Å². The molecule has 5 rings (SSSR count). The molecule has 158 valence electrons. The Bertz CT molecular complexity index is 1330. The minimum absolute atomic E-state index is 0.0595. The van der Waals surface area contributed by atoms with Crippen LogP contribution in [0.1, 0.15) is 23.6 Å². The molecule has 0 bridgehead atoms. The lowest BCUT2D eigenvalue weighted by atomic mass is 9.97. The minimum Gasteiger partial charge on any atom is -0.282 e. The number of carbonyl (C=O) groups excluding carboxylic acids is 3. The maximum absolute atomic E-state index is 13.1. The lowest BCUT2D eigenvalue weighted by Crippen LogP contribution is -2.26. The summed E-state index contributed by atoms with van der Waals surface area (Å²) in [5.41, 5.74) is 2.57. The van der Waals surface area contributed by atoms with Crippen LogP contribution < -0.4 is 5.32 Å². The van der Waals surface area contributed by atoms with Crippen molar-refractivity contribution in [2.45, 2.75) is 12.5 Å². The summed E-state index contributed by atoms with van der Waals surface area (Å²) < 4.78 is 0. The number of hydrogen-bond donors (Lipinski definition) is 1. The second-order valence-corrected chi connectivity index (χ2v) is 8.87. The van der Waals surface area contributed by atoms with Crippen molar-refractivity contribution in [3.05, 3.63) is 93.9 Å². The summed E-state index contributed by atoms with van der Waals surface area (Å²) in [6, 6.07) is 21.0. The van der Waals surface area contributed by atoms with Gasteiger partial charge in [-0.2, -0.15) is 5.10 Å². The molecule has 0 spiro atoms. The van der Waals surface area contributed by atoms with E-state index in [-0.39, 0.29) is 10.9 Å². The molecule has 2 aliphatic heterocycles. The van der Waals surface area contributed by atoms with Gasteiger partial charge in [0.05, 0.1) is 16.7 Å². The van der Waals surface area contributed by atoms with Crippen LogP contribution in [0.3, 0.4) is 0 Å². The van der Waals surface area contributed by atoms with Gasteiger partial charge in [0.1, 0.15) is 0 Å². The third-order valence-electron chi connectivity index (χ3n) is 5.37. The number of hydrogen-bond acceptors (Lipinski definition) is 5. The van der Waals surface area contributed by atoms with E-state index >= 15 is 0 Å². The Morgan fingerprint density at radius 3 is 2.53 bits per heavy atom. The summed E-state index contributed by atoms with van der Waals surface area (Å²) in [6.07, 6.45) is 1.67. The molecule has 1 unspecified atom stereocenters. The van der Waals surface area contributed by atoms with Crippen LogP contribution in [0.15, 0.2) is 82.8 Å². The van der Waals surface area contributed by atoms with Gasteiger partial charge in [-0.1, -0.05) is 60.1 Å². The van der Waals surface area contributed by atoms with E-state index in [0.717, 1.165) is 27.6 Å². The molecule has 3 amide bonds. The van der Waals surface area contributed by atoms with Crippen LogP contribution >= 0.6 is 23.4 Å². The Labute approximate surface area is 192 Å². The van der Waals surface area contributed by atoms with Crippen molar-refractivity contribution in [2.75, 3.05) is 0 Å². The molecule has 1 saturated heterocycles. The highest BCUT2D eigenvalue weighted by Crippen LogP contribution is 2.35. The number of fused-ring (bicyclic) bond motifs is 1. The minimum atomic E-state index is -0.575. The number of hydrazone groups is 1. The van der Waals surface area contributed by atoms with Gasteiger partial charge in [0.2, 0.25) is 0 Å². The summed E-state index contributed by atoms with van der Waals surface area (Å²) in [6.45, 7) is 0. The molecule has 32 heavy (non-hydrogen) atoms. The van der Waals surface area contributed by atoms with Gasteiger partial charge in [0.25, 0.3) is 17.1 Å². The van der Waals surface area contributed by atoms with Crippen LogP contribution in [0.5, 0.6) is 0 Å². The predicted molar refractivity (Wildman–Crippen MR) is 125 cm³/mol. The first-order valence-electron chi connectivity index (χ1n) is 9.88. The number of rotatable bonds is 3. The van der Waals surface area contributed by atoms with Crippen LogP contribution in [0, 0.1) is 0 Å². The van der Waals surface area contributed by atoms with Crippen LogP contribution in [0.25, 0.3) is 10.8 Å². The number of benzene rings is 3. The average molecular weight is 462 g/mol. The second kappa shape index (κ2) is 8.26. The van der Waals surface area contributed by atoms with E-state index in [1.165, 1.54) is 11.1 Å². The van der Waals surface area contributed by atoms with E-state index in [0.29, 0.717) is 23.2 Å². The highest BCUT2D eigenvalue weighted by Gasteiger charge is 2.34. The highest BCUT2D eigenvalue weighted by atomic mass is 35.5. The number of imide groups is 1. The number of thioether (sulfide) groups is 1. The Balaban J connectivity index is 1.52. The number of halogens is 1. The topological polar surface area (TPSA) is 78.8 Å². The van der Waals surface area contributed by atoms with Gasteiger partial charge < -0.3 is 0 Å². The normalized spacial score (nSPS) is 19.5. The van der Waals surface area contributed by atoms with Crippen LogP contribution in [0.2, 0.25) is 5.02 Å². The van der Waals surface area contributed by atoms with Gasteiger partial charge in [-0.3, -0.25) is 19.7 Å². The van der Waals surface area contributed by atoms with E-state index in [1.54, 1.807) is 12.1 Å². The Morgan fingerprint density at radius 1 is 1.06 bits per heavy atom. The molecule has 3 aromatic rings. The van der Waals surface area contributed by atoms with Crippen molar-refractivity contribution in [1.82, 2.24) is 10.3 Å². The van der Waals surface area contributed by atoms with Gasteiger partial charge in [-0.15, -0.1) is 0 Å². The smallest absolute Gasteiger partial charge is 0.282 e. The largest absolute Gasteiger partial charge is 0.290 e. The molecule has 0 radical (unpaired) electrons. The lowest BCUT2D eigenvalue weighted by Gasteiger charge is -2.21. The molecule has 1 atom stereocenters. The zero-order valence-corrected chi connectivity index (χ0v) is 18.2. The summed E-state index contributed by atoms with van der Waals surface area (Å²) in [5.74, 6) is -1.04. The van der Waals surface area contributed by atoms with Crippen LogP contribution in [-0.4, -0.2) is 27.8 Å². The summed E-state index contributed by atoms with van der Waals surface area (Å²) in [5, 5.41) is 10.5.